The predicted octanol–water partition coefficient (Wildman–Crippen LogP) is 1.01. The minimum Gasteiger partial charge on any atom is -0.264 e. The lowest BCUT2D eigenvalue weighted by Gasteiger charge is -1.79. The molecule has 9 heavy (non-hydrogen) atoms. The van der Waals surface area contributed by atoms with Gasteiger partial charge < -0.3 is 0 Å². The summed E-state index contributed by atoms with van der Waals surface area (Å²) in [6.45, 7) is 6.50. The van der Waals surface area contributed by atoms with Gasteiger partial charge in [0.2, 0.25) is 0 Å². The molecule has 0 saturated heterocycles. The normalized spacial score (nSPS) is 10.4. The summed E-state index contributed by atoms with van der Waals surface area (Å²) in [6, 6.07) is 0. The van der Waals surface area contributed by atoms with Crippen molar-refractivity contribution in [2.45, 2.75) is 20.8 Å². The molecule has 0 aliphatic rings. The molecule has 0 atom stereocenters. The standard InChI is InChI=1S/C4H10.H2O4S/c1-4(2)3;1-5(2,3)4/h4H,1-3H3;(H2,1,2,3,4). The molecule has 0 rings (SSSR count). The molecular weight excluding hydrogens is 144 g/mol. The summed E-state index contributed by atoms with van der Waals surface area (Å²) in [4.78, 5) is 0. The van der Waals surface area contributed by atoms with Crippen LogP contribution in [0, 0.1) is 5.92 Å². The highest BCUT2D eigenvalue weighted by atomic mass is 32.3. The average molecular weight is 156 g/mol. The molecule has 0 bridgehead atoms. The Kier molecular flexibility index (Phi) is 6.11. The van der Waals surface area contributed by atoms with Gasteiger partial charge in [0.25, 0.3) is 0 Å². The van der Waals surface area contributed by atoms with Crippen LogP contribution in [0.1, 0.15) is 20.8 Å². The van der Waals surface area contributed by atoms with Crippen molar-refractivity contribution in [3.63, 3.8) is 0 Å². The van der Waals surface area contributed by atoms with Gasteiger partial charge in [-0.15, -0.1) is 0 Å². The van der Waals surface area contributed by atoms with E-state index in [9.17, 15) is 0 Å². The maximum Gasteiger partial charge on any atom is 0.394 e. The fourth-order valence-electron chi connectivity index (χ4n) is 0. The fourth-order valence-corrected chi connectivity index (χ4v) is 0. The Hall–Kier alpha value is -0.130. The third-order valence-corrected chi connectivity index (χ3v) is 0. The fraction of sp³-hybridized carbons (Fsp3) is 1.00. The van der Waals surface area contributed by atoms with E-state index in [1.54, 1.807) is 0 Å². The molecule has 0 aliphatic heterocycles. The predicted molar refractivity (Wildman–Crippen MR) is 34.7 cm³/mol. The van der Waals surface area contributed by atoms with Crippen molar-refractivity contribution in [3.05, 3.63) is 0 Å². The van der Waals surface area contributed by atoms with Crippen LogP contribution in [0.5, 0.6) is 0 Å². The van der Waals surface area contributed by atoms with Crippen LogP contribution in [0.2, 0.25) is 0 Å². The van der Waals surface area contributed by atoms with Gasteiger partial charge >= 0.3 is 10.4 Å². The van der Waals surface area contributed by atoms with Gasteiger partial charge in [0.05, 0.1) is 0 Å². The number of rotatable bonds is 0. The van der Waals surface area contributed by atoms with E-state index in [-0.39, 0.29) is 0 Å². The minimum absolute atomic E-state index is 0.833. The third-order valence-electron chi connectivity index (χ3n) is 0. The van der Waals surface area contributed by atoms with E-state index in [2.05, 4.69) is 20.8 Å². The summed E-state index contributed by atoms with van der Waals surface area (Å²) in [6.07, 6.45) is 0. The van der Waals surface area contributed by atoms with Gasteiger partial charge in [-0.3, -0.25) is 9.11 Å². The molecule has 2 N–H and O–H groups in total. The maximum atomic E-state index is 8.74. The van der Waals surface area contributed by atoms with Gasteiger partial charge in [-0.2, -0.15) is 8.42 Å². The SMILES string of the molecule is CC(C)C.O=S(=O)(O)O. The molecule has 0 amide bonds. The Balaban J connectivity index is 0. The van der Waals surface area contributed by atoms with Gasteiger partial charge in [0.1, 0.15) is 0 Å². The summed E-state index contributed by atoms with van der Waals surface area (Å²) in [5.41, 5.74) is 0. The summed E-state index contributed by atoms with van der Waals surface area (Å²) < 4.78 is 31.6. The molecule has 0 spiro atoms. The van der Waals surface area contributed by atoms with E-state index < -0.39 is 10.4 Å². The van der Waals surface area contributed by atoms with E-state index >= 15 is 0 Å². The van der Waals surface area contributed by atoms with Crippen LogP contribution in [-0.4, -0.2) is 17.5 Å². The van der Waals surface area contributed by atoms with Crippen molar-refractivity contribution in [1.82, 2.24) is 0 Å². The molecule has 0 aromatic carbocycles. The van der Waals surface area contributed by atoms with Gasteiger partial charge in [-0.1, -0.05) is 20.8 Å². The first kappa shape index (κ1) is 11.6. The molecule has 0 heterocycles. The molecule has 4 nitrogen and oxygen atoms in total. The van der Waals surface area contributed by atoms with Crippen molar-refractivity contribution in [2.24, 2.45) is 5.92 Å². The zero-order valence-corrected chi connectivity index (χ0v) is 6.51. The topological polar surface area (TPSA) is 74.6 Å². The first-order valence-corrected chi connectivity index (χ1v) is 3.83. The molecule has 0 fully saturated rings. The lowest BCUT2D eigenvalue weighted by atomic mass is 10.3. The summed E-state index contributed by atoms with van der Waals surface area (Å²) >= 11 is 0. The third kappa shape index (κ3) is 16000. The molecule has 0 aromatic heterocycles. The van der Waals surface area contributed by atoms with Crippen molar-refractivity contribution < 1.29 is 17.5 Å². The van der Waals surface area contributed by atoms with E-state index in [4.69, 9.17) is 17.5 Å². The van der Waals surface area contributed by atoms with Gasteiger partial charge in [0.15, 0.2) is 0 Å². The zero-order valence-electron chi connectivity index (χ0n) is 5.70. The Labute approximate surface area is 55.5 Å². The molecule has 0 unspecified atom stereocenters. The average Bonchev–Trinajstić information content (AvgIpc) is 1.19. The maximum absolute atomic E-state index is 8.74. The summed E-state index contributed by atoms with van der Waals surface area (Å²) in [5.74, 6) is 0.833. The second-order valence-corrected chi connectivity index (χ2v) is 3.08. The van der Waals surface area contributed by atoms with Crippen molar-refractivity contribution in [1.29, 1.82) is 0 Å². The van der Waals surface area contributed by atoms with Crippen LogP contribution in [-0.2, 0) is 10.4 Å². The molecule has 0 saturated carbocycles. The van der Waals surface area contributed by atoms with E-state index in [0.29, 0.717) is 0 Å². The van der Waals surface area contributed by atoms with Crippen LogP contribution in [0.3, 0.4) is 0 Å². The van der Waals surface area contributed by atoms with Gasteiger partial charge in [-0.25, -0.2) is 0 Å². The highest BCUT2D eigenvalue weighted by Crippen LogP contribution is 1.81. The van der Waals surface area contributed by atoms with Crippen LogP contribution < -0.4 is 0 Å². The lowest BCUT2D eigenvalue weighted by molar-refractivity contribution is 0.381. The Morgan fingerprint density at radius 1 is 1.11 bits per heavy atom. The van der Waals surface area contributed by atoms with Crippen LogP contribution in [0.25, 0.3) is 0 Å². The number of hydrogen-bond donors (Lipinski definition) is 2. The molecular formula is C4H12O4S. The summed E-state index contributed by atoms with van der Waals surface area (Å²) in [5, 5.41) is 0. The zero-order chi connectivity index (χ0) is 8.08. The number of hydrogen-bond acceptors (Lipinski definition) is 2. The molecule has 0 radical (unpaired) electrons. The highest BCUT2D eigenvalue weighted by molar-refractivity contribution is 7.79. The smallest absolute Gasteiger partial charge is 0.264 e. The molecule has 0 aliphatic carbocycles. The largest absolute Gasteiger partial charge is 0.394 e. The second kappa shape index (κ2) is 4.72. The van der Waals surface area contributed by atoms with E-state index in [1.165, 1.54) is 0 Å². The van der Waals surface area contributed by atoms with Crippen molar-refractivity contribution in [3.8, 4) is 0 Å². The van der Waals surface area contributed by atoms with E-state index in [0.717, 1.165) is 5.92 Å². The summed E-state index contributed by atoms with van der Waals surface area (Å²) in [7, 11) is -4.67. The van der Waals surface area contributed by atoms with Crippen LogP contribution >= 0.6 is 0 Å². The molecule has 5 heteroatoms. The monoisotopic (exact) mass is 156 g/mol. The quantitative estimate of drug-likeness (QED) is 0.513. The van der Waals surface area contributed by atoms with Gasteiger partial charge in [-0.05, 0) is 5.92 Å². The van der Waals surface area contributed by atoms with Crippen LogP contribution in [0.4, 0.5) is 0 Å². The van der Waals surface area contributed by atoms with Crippen molar-refractivity contribution >= 4 is 10.4 Å². The molecule has 0 aromatic rings. The first-order chi connectivity index (χ1) is 3.73. The Morgan fingerprint density at radius 3 is 1.11 bits per heavy atom. The van der Waals surface area contributed by atoms with E-state index in [1.807, 2.05) is 0 Å². The van der Waals surface area contributed by atoms with Gasteiger partial charge in [0, 0.05) is 0 Å². The minimum atomic E-state index is -4.67. The lowest BCUT2D eigenvalue weighted by Crippen LogP contribution is -1.89. The van der Waals surface area contributed by atoms with Crippen molar-refractivity contribution in [2.75, 3.05) is 0 Å². The molecule has 58 valence electrons. The second-order valence-electron chi connectivity index (χ2n) is 2.18. The Bertz CT molecular complexity index is 124. The van der Waals surface area contributed by atoms with Crippen LogP contribution in [0.15, 0.2) is 0 Å². The Morgan fingerprint density at radius 2 is 1.11 bits per heavy atom. The highest BCUT2D eigenvalue weighted by Gasteiger charge is 1.84. The first-order valence-electron chi connectivity index (χ1n) is 2.43.